The molecule has 0 bridgehead atoms. The lowest BCUT2D eigenvalue weighted by Gasteiger charge is -2.15. The zero-order valence-corrected chi connectivity index (χ0v) is 10.9. The molecule has 0 aromatic heterocycles. The normalized spacial score (nSPS) is 22.4. The minimum atomic E-state index is 0.744. The largest absolute Gasteiger partial charge is 0.330 e. The molecule has 0 saturated carbocycles. The van der Waals surface area contributed by atoms with Crippen LogP contribution in [-0.2, 0) is 6.42 Å². The van der Waals surface area contributed by atoms with Crippen LogP contribution in [0.15, 0.2) is 24.3 Å². The first-order valence-electron chi connectivity index (χ1n) is 6.77. The summed E-state index contributed by atoms with van der Waals surface area (Å²) in [6.07, 6.45) is 4.95. The molecule has 1 fully saturated rings. The monoisotopic (exact) mass is 232 g/mol. The van der Waals surface area contributed by atoms with Crippen LogP contribution in [0.2, 0.25) is 0 Å². The van der Waals surface area contributed by atoms with Crippen LogP contribution in [0.25, 0.3) is 0 Å². The third-order valence-electron chi connectivity index (χ3n) is 3.84. The average molecular weight is 232 g/mol. The fraction of sp³-hybridized carbons (Fsp3) is 0.600. The first-order valence-corrected chi connectivity index (χ1v) is 6.77. The lowest BCUT2D eigenvalue weighted by Crippen LogP contribution is -2.18. The first kappa shape index (κ1) is 12.6. The van der Waals surface area contributed by atoms with Crippen molar-refractivity contribution < 1.29 is 0 Å². The van der Waals surface area contributed by atoms with Gasteiger partial charge in [-0.1, -0.05) is 24.3 Å². The van der Waals surface area contributed by atoms with E-state index in [1.54, 1.807) is 0 Å². The molecule has 1 aliphatic rings. The second-order valence-electron chi connectivity index (χ2n) is 5.21. The molecule has 0 amide bonds. The van der Waals surface area contributed by atoms with Crippen molar-refractivity contribution in [2.75, 3.05) is 26.7 Å². The van der Waals surface area contributed by atoms with Gasteiger partial charge in [0.1, 0.15) is 0 Å². The summed E-state index contributed by atoms with van der Waals surface area (Å²) in [4.78, 5) is 2.45. The Bertz CT molecular complexity index is 331. The van der Waals surface area contributed by atoms with E-state index in [-0.39, 0.29) is 0 Å². The molecule has 1 aromatic rings. The highest BCUT2D eigenvalue weighted by Gasteiger charge is 2.16. The number of hydrogen-bond donors (Lipinski definition) is 1. The van der Waals surface area contributed by atoms with Gasteiger partial charge >= 0.3 is 0 Å². The van der Waals surface area contributed by atoms with Gasteiger partial charge in [0.25, 0.3) is 0 Å². The molecule has 0 spiro atoms. The zero-order chi connectivity index (χ0) is 12.1. The fourth-order valence-corrected chi connectivity index (χ4v) is 2.70. The molecule has 0 aliphatic carbocycles. The molecule has 1 saturated heterocycles. The third kappa shape index (κ3) is 3.55. The predicted octanol–water partition coefficient (Wildman–Crippen LogP) is 2.39. The minimum absolute atomic E-state index is 0.744. The van der Waals surface area contributed by atoms with E-state index in [4.69, 9.17) is 5.73 Å². The van der Waals surface area contributed by atoms with Crippen LogP contribution in [-0.4, -0.2) is 31.6 Å². The van der Waals surface area contributed by atoms with Crippen molar-refractivity contribution in [3.05, 3.63) is 35.4 Å². The van der Waals surface area contributed by atoms with Crippen molar-refractivity contribution >= 4 is 0 Å². The van der Waals surface area contributed by atoms with E-state index in [1.807, 2.05) is 0 Å². The molecule has 1 unspecified atom stereocenters. The second-order valence-corrected chi connectivity index (χ2v) is 5.21. The summed E-state index contributed by atoms with van der Waals surface area (Å²) >= 11 is 0. The van der Waals surface area contributed by atoms with Gasteiger partial charge in [0.05, 0.1) is 0 Å². The Hall–Kier alpha value is -0.860. The summed E-state index contributed by atoms with van der Waals surface area (Å²) < 4.78 is 0. The Morgan fingerprint density at radius 2 is 1.94 bits per heavy atom. The number of nitrogens with zero attached hydrogens (tertiary/aromatic N) is 1. The standard InChI is InChI=1S/C15H24N2/c1-17-11-2-3-14(9-12-17)15-6-4-13(5-7-15)8-10-16/h4-7,14H,2-3,8-12,16H2,1H3. The maximum absolute atomic E-state index is 5.57. The van der Waals surface area contributed by atoms with Crippen LogP contribution in [0.5, 0.6) is 0 Å². The van der Waals surface area contributed by atoms with E-state index in [0.29, 0.717) is 0 Å². The van der Waals surface area contributed by atoms with E-state index in [0.717, 1.165) is 18.9 Å². The van der Waals surface area contributed by atoms with Crippen molar-refractivity contribution in [1.82, 2.24) is 4.90 Å². The van der Waals surface area contributed by atoms with E-state index in [2.05, 4.69) is 36.2 Å². The average Bonchev–Trinajstić information content (AvgIpc) is 2.56. The number of likely N-dealkylation sites (tertiary alicyclic amines) is 1. The Morgan fingerprint density at radius 1 is 1.18 bits per heavy atom. The summed E-state index contributed by atoms with van der Waals surface area (Å²) in [7, 11) is 2.23. The van der Waals surface area contributed by atoms with Crippen LogP contribution >= 0.6 is 0 Å². The van der Waals surface area contributed by atoms with E-state index >= 15 is 0 Å². The van der Waals surface area contributed by atoms with Crippen molar-refractivity contribution in [3.8, 4) is 0 Å². The van der Waals surface area contributed by atoms with Gasteiger partial charge in [-0.05, 0) is 69.4 Å². The van der Waals surface area contributed by atoms with Crippen LogP contribution in [0.1, 0.15) is 36.3 Å². The molecule has 2 heteroatoms. The molecule has 17 heavy (non-hydrogen) atoms. The summed E-state index contributed by atoms with van der Waals surface area (Å²) in [5.41, 5.74) is 8.45. The number of nitrogens with two attached hydrogens (primary N) is 1. The van der Waals surface area contributed by atoms with Gasteiger partial charge in [-0.2, -0.15) is 0 Å². The van der Waals surface area contributed by atoms with Crippen molar-refractivity contribution in [3.63, 3.8) is 0 Å². The molecule has 1 atom stereocenters. The van der Waals surface area contributed by atoms with Crippen molar-refractivity contribution in [1.29, 1.82) is 0 Å². The molecule has 2 rings (SSSR count). The van der Waals surface area contributed by atoms with Gasteiger partial charge in [-0.25, -0.2) is 0 Å². The molecular formula is C15H24N2. The van der Waals surface area contributed by atoms with E-state index in [9.17, 15) is 0 Å². The molecule has 1 aliphatic heterocycles. The molecule has 1 aromatic carbocycles. The molecule has 1 heterocycles. The molecule has 94 valence electrons. The highest BCUT2D eigenvalue weighted by molar-refractivity contribution is 5.25. The SMILES string of the molecule is CN1CCCC(c2ccc(CCN)cc2)CC1. The lowest BCUT2D eigenvalue weighted by atomic mass is 9.91. The Kier molecular flexibility index (Phi) is 4.57. The second kappa shape index (κ2) is 6.18. The van der Waals surface area contributed by atoms with Crippen LogP contribution in [0, 0.1) is 0 Å². The van der Waals surface area contributed by atoms with Gasteiger partial charge in [-0.3, -0.25) is 0 Å². The first-order chi connectivity index (χ1) is 8.29. The topological polar surface area (TPSA) is 29.3 Å². The minimum Gasteiger partial charge on any atom is -0.330 e. The number of benzene rings is 1. The van der Waals surface area contributed by atoms with Crippen molar-refractivity contribution in [2.24, 2.45) is 5.73 Å². The maximum atomic E-state index is 5.57. The summed E-state index contributed by atoms with van der Waals surface area (Å²) in [5, 5.41) is 0. The van der Waals surface area contributed by atoms with Gasteiger partial charge in [0.15, 0.2) is 0 Å². The molecule has 2 N–H and O–H groups in total. The Balaban J connectivity index is 2.00. The summed E-state index contributed by atoms with van der Waals surface area (Å²) in [6.45, 7) is 3.23. The van der Waals surface area contributed by atoms with Gasteiger partial charge in [0, 0.05) is 0 Å². The van der Waals surface area contributed by atoms with E-state index < -0.39 is 0 Å². The maximum Gasteiger partial charge on any atom is -0.00160 e. The summed E-state index contributed by atoms with van der Waals surface area (Å²) in [6, 6.07) is 9.11. The molecule has 0 radical (unpaired) electrons. The van der Waals surface area contributed by atoms with Gasteiger partial charge in [0.2, 0.25) is 0 Å². The predicted molar refractivity (Wildman–Crippen MR) is 73.3 cm³/mol. The van der Waals surface area contributed by atoms with Gasteiger partial charge in [-0.15, -0.1) is 0 Å². The number of rotatable bonds is 3. The highest BCUT2D eigenvalue weighted by Crippen LogP contribution is 2.27. The lowest BCUT2D eigenvalue weighted by molar-refractivity contribution is 0.347. The zero-order valence-electron chi connectivity index (χ0n) is 10.9. The van der Waals surface area contributed by atoms with Crippen LogP contribution in [0.3, 0.4) is 0 Å². The smallest absolute Gasteiger partial charge is 0.00160 e. The quantitative estimate of drug-likeness (QED) is 0.867. The fourth-order valence-electron chi connectivity index (χ4n) is 2.70. The van der Waals surface area contributed by atoms with Gasteiger partial charge < -0.3 is 10.6 Å². The van der Waals surface area contributed by atoms with E-state index in [1.165, 1.54) is 43.5 Å². The molecular weight excluding hydrogens is 208 g/mol. The highest BCUT2D eigenvalue weighted by atomic mass is 15.1. The van der Waals surface area contributed by atoms with Crippen LogP contribution in [0.4, 0.5) is 0 Å². The third-order valence-corrected chi connectivity index (χ3v) is 3.84. The molecule has 2 nitrogen and oxygen atoms in total. The Labute approximate surface area is 105 Å². The van der Waals surface area contributed by atoms with Crippen LogP contribution < -0.4 is 5.73 Å². The Morgan fingerprint density at radius 3 is 2.65 bits per heavy atom. The number of hydrogen-bond acceptors (Lipinski definition) is 2. The van der Waals surface area contributed by atoms with Crippen molar-refractivity contribution in [2.45, 2.75) is 31.6 Å². The summed E-state index contributed by atoms with van der Waals surface area (Å²) in [5.74, 6) is 0.756.